The van der Waals surface area contributed by atoms with Crippen LogP contribution in [-0.4, -0.2) is 31.8 Å². The van der Waals surface area contributed by atoms with E-state index in [1.807, 2.05) is 0 Å². The van der Waals surface area contributed by atoms with Crippen LogP contribution < -0.4 is 10.9 Å². The van der Waals surface area contributed by atoms with Crippen LogP contribution >= 0.6 is 0 Å². The minimum atomic E-state index is -0.343. The average molecular weight is 413 g/mol. The summed E-state index contributed by atoms with van der Waals surface area (Å²) in [6.07, 6.45) is 6.67. The summed E-state index contributed by atoms with van der Waals surface area (Å²) in [5.74, 6) is -0.229. The number of rotatable bonds is 10. The Morgan fingerprint density at radius 2 is 2.00 bits per heavy atom. The predicted molar refractivity (Wildman–Crippen MR) is 114 cm³/mol. The van der Waals surface area contributed by atoms with Gasteiger partial charge >= 0.3 is 0 Å². The lowest BCUT2D eigenvalue weighted by Gasteiger charge is -2.15. The van der Waals surface area contributed by atoms with Gasteiger partial charge in [0, 0.05) is 12.5 Å². The third-order valence-electron chi connectivity index (χ3n) is 5.13. The van der Waals surface area contributed by atoms with Crippen LogP contribution in [0.15, 0.2) is 41.6 Å². The fourth-order valence-corrected chi connectivity index (χ4v) is 3.64. The van der Waals surface area contributed by atoms with Crippen molar-refractivity contribution in [3.05, 3.63) is 58.5 Å². The highest BCUT2D eigenvalue weighted by molar-refractivity contribution is 5.78. The number of carbonyl (C=O) groups is 1. The lowest BCUT2D eigenvalue weighted by atomic mass is 9.97. The van der Waals surface area contributed by atoms with Crippen molar-refractivity contribution in [1.29, 1.82) is 0 Å². The number of hydrogen-bond acceptors (Lipinski definition) is 4. The van der Waals surface area contributed by atoms with Crippen molar-refractivity contribution in [2.75, 3.05) is 6.54 Å². The van der Waals surface area contributed by atoms with Gasteiger partial charge in [0.05, 0.1) is 19.3 Å². The third-order valence-corrected chi connectivity index (χ3v) is 5.13. The summed E-state index contributed by atoms with van der Waals surface area (Å²) in [5.41, 5.74) is 0.927. The summed E-state index contributed by atoms with van der Waals surface area (Å²) in [7, 11) is 0. The number of halogens is 1. The van der Waals surface area contributed by atoms with Crippen LogP contribution in [-0.2, 0) is 17.9 Å². The second kappa shape index (κ2) is 10.1. The number of hydrogen-bond donors (Lipinski definition) is 1. The average Bonchev–Trinajstić information content (AvgIpc) is 3.14. The molecule has 3 rings (SSSR count). The summed E-state index contributed by atoms with van der Waals surface area (Å²) in [6.45, 7) is 5.25. The lowest BCUT2D eigenvalue weighted by molar-refractivity contribution is -0.125. The molecule has 0 aliphatic rings. The maximum Gasteiger partial charge on any atom is 0.264 e. The van der Waals surface area contributed by atoms with E-state index in [0.29, 0.717) is 29.7 Å². The van der Waals surface area contributed by atoms with Crippen LogP contribution in [0.1, 0.15) is 45.1 Å². The van der Waals surface area contributed by atoms with Crippen LogP contribution in [0.4, 0.5) is 4.39 Å². The zero-order valence-electron chi connectivity index (χ0n) is 17.5. The van der Waals surface area contributed by atoms with Crippen molar-refractivity contribution in [2.45, 2.75) is 52.6 Å². The minimum Gasteiger partial charge on any atom is -0.354 e. The van der Waals surface area contributed by atoms with Crippen molar-refractivity contribution in [3.8, 4) is 0 Å². The molecular formula is C22H28FN5O2. The Bertz CT molecular complexity index is 1050. The van der Waals surface area contributed by atoms with Gasteiger partial charge in [-0.25, -0.2) is 14.1 Å². The lowest BCUT2D eigenvalue weighted by Crippen LogP contribution is -2.33. The molecule has 2 aromatic heterocycles. The molecule has 0 saturated heterocycles. The molecule has 0 atom stereocenters. The normalized spacial score (nSPS) is 11.3. The highest BCUT2D eigenvalue weighted by Gasteiger charge is 2.16. The van der Waals surface area contributed by atoms with Crippen molar-refractivity contribution in [3.63, 3.8) is 0 Å². The smallest absolute Gasteiger partial charge is 0.264 e. The Morgan fingerprint density at radius 1 is 1.23 bits per heavy atom. The van der Waals surface area contributed by atoms with Gasteiger partial charge in [0.2, 0.25) is 5.91 Å². The molecule has 0 aliphatic carbocycles. The molecule has 0 spiro atoms. The fraction of sp³-hybridized carbons (Fsp3) is 0.455. The van der Waals surface area contributed by atoms with E-state index in [-0.39, 0.29) is 29.7 Å². The highest BCUT2D eigenvalue weighted by atomic mass is 19.1. The Balaban J connectivity index is 1.67. The first kappa shape index (κ1) is 21.7. The molecule has 0 unspecified atom stereocenters. The molecule has 1 aromatic carbocycles. The van der Waals surface area contributed by atoms with Crippen molar-refractivity contribution in [2.24, 2.45) is 5.92 Å². The highest BCUT2D eigenvalue weighted by Crippen LogP contribution is 2.13. The van der Waals surface area contributed by atoms with E-state index >= 15 is 0 Å². The molecule has 0 bridgehead atoms. The Labute approximate surface area is 174 Å². The standard InChI is InChI=1S/C22H28FN5O2/c1-3-6-17(7-4-2)21(29)24-10-11-28-20-19(13-26-28)22(30)27(15-25-20)14-16-8-5-9-18(23)12-16/h5,8-9,12-13,15,17H,3-4,6-7,10-11,14H2,1-2H3,(H,24,29). The fourth-order valence-electron chi connectivity index (χ4n) is 3.64. The van der Waals surface area contributed by atoms with Crippen LogP contribution in [0.5, 0.6) is 0 Å². The maximum atomic E-state index is 13.4. The summed E-state index contributed by atoms with van der Waals surface area (Å²) in [4.78, 5) is 29.5. The van der Waals surface area contributed by atoms with Crippen molar-refractivity contribution in [1.82, 2.24) is 24.6 Å². The van der Waals surface area contributed by atoms with E-state index < -0.39 is 0 Å². The number of aromatic nitrogens is 4. The van der Waals surface area contributed by atoms with Gasteiger partial charge in [-0.1, -0.05) is 38.8 Å². The Hall–Kier alpha value is -3.03. The SMILES string of the molecule is CCCC(CCC)C(=O)NCCn1ncc2c(=O)n(Cc3cccc(F)c3)cnc21. The van der Waals surface area contributed by atoms with Gasteiger partial charge in [0.1, 0.15) is 17.5 Å². The molecule has 3 aromatic rings. The summed E-state index contributed by atoms with van der Waals surface area (Å²) >= 11 is 0. The van der Waals surface area contributed by atoms with E-state index in [2.05, 4.69) is 29.2 Å². The first-order valence-electron chi connectivity index (χ1n) is 10.5. The van der Waals surface area contributed by atoms with Crippen LogP contribution in [0.25, 0.3) is 11.0 Å². The van der Waals surface area contributed by atoms with Gasteiger partial charge in [-0.2, -0.15) is 5.10 Å². The van der Waals surface area contributed by atoms with Crippen LogP contribution in [0, 0.1) is 11.7 Å². The first-order chi connectivity index (χ1) is 14.5. The first-order valence-corrected chi connectivity index (χ1v) is 10.5. The van der Waals surface area contributed by atoms with Gasteiger partial charge < -0.3 is 5.32 Å². The monoisotopic (exact) mass is 413 g/mol. The number of fused-ring (bicyclic) bond motifs is 1. The van der Waals surface area contributed by atoms with Gasteiger partial charge in [-0.3, -0.25) is 14.2 Å². The third kappa shape index (κ3) is 5.11. The van der Waals surface area contributed by atoms with Crippen molar-refractivity contribution < 1.29 is 9.18 Å². The van der Waals surface area contributed by atoms with Crippen LogP contribution in [0.2, 0.25) is 0 Å². The molecule has 1 N–H and O–H groups in total. The van der Waals surface area contributed by atoms with E-state index in [9.17, 15) is 14.0 Å². The van der Waals surface area contributed by atoms with E-state index in [1.54, 1.807) is 16.8 Å². The number of carbonyl (C=O) groups excluding carboxylic acids is 1. The summed E-state index contributed by atoms with van der Waals surface area (Å²) in [6, 6.07) is 6.13. The number of amides is 1. The van der Waals surface area contributed by atoms with Gasteiger partial charge in [-0.05, 0) is 30.5 Å². The van der Waals surface area contributed by atoms with Crippen molar-refractivity contribution >= 4 is 16.9 Å². The molecule has 2 heterocycles. The topological polar surface area (TPSA) is 81.8 Å². The minimum absolute atomic E-state index is 0.0440. The number of nitrogens with one attached hydrogen (secondary N) is 1. The molecule has 0 aliphatic heterocycles. The van der Waals surface area contributed by atoms with E-state index in [1.165, 1.54) is 29.2 Å². The quantitative estimate of drug-likeness (QED) is 0.554. The summed E-state index contributed by atoms with van der Waals surface area (Å²) in [5, 5.41) is 7.63. The zero-order chi connectivity index (χ0) is 21.5. The number of benzene rings is 1. The molecule has 8 heteroatoms. The molecular weight excluding hydrogens is 385 g/mol. The van der Waals surface area contributed by atoms with E-state index in [0.717, 1.165) is 25.7 Å². The maximum absolute atomic E-state index is 13.4. The molecule has 30 heavy (non-hydrogen) atoms. The molecule has 160 valence electrons. The molecule has 0 radical (unpaired) electrons. The summed E-state index contributed by atoms with van der Waals surface area (Å²) < 4.78 is 16.5. The van der Waals surface area contributed by atoms with Gasteiger partial charge in [0.25, 0.3) is 5.56 Å². The largest absolute Gasteiger partial charge is 0.354 e. The van der Waals surface area contributed by atoms with E-state index in [4.69, 9.17) is 0 Å². The molecule has 7 nitrogen and oxygen atoms in total. The predicted octanol–water partition coefficient (Wildman–Crippen LogP) is 3.11. The molecule has 0 fully saturated rings. The molecule has 1 amide bonds. The second-order valence-corrected chi connectivity index (χ2v) is 7.48. The Morgan fingerprint density at radius 3 is 2.70 bits per heavy atom. The van der Waals surface area contributed by atoms with Gasteiger partial charge in [0.15, 0.2) is 5.65 Å². The van der Waals surface area contributed by atoms with Crippen LogP contribution in [0.3, 0.4) is 0 Å². The molecule has 0 saturated carbocycles. The second-order valence-electron chi connectivity index (χ2n) is 7.48. The Kier molecular flexibility index (Phi) is 7.32. The van der Waals surface area contributed by atoms with Gasteiger partial charge in [-0.15, -0.1) is 0 Å². The zero-order valence-corrected chi connectivity index (χ0v) is 17.5. The number of nitrogens with zero attached hydrogens (tertiary/aromatic N) is 4.